The van der Waals surface area contributed by atoms with Gasteiger partial charge in [0.2, 0.25) is 5.95 Å². The Morgan fingerprint density at radius 3 is 2.78 bits per heavy atom. The Bertz CT molecular complexity index is 921. The predicted octanol–water partition coefficient (Wildman–Crippen LogP) is 3.71. The van der Waals surface area contributed by atoms with Gasteiger partial charge in [-0.25, -0.2) is 4.79 Å². The average Bonchev–Trinajstić information content (AvgIpc) is 2.70. The van der Waals surface area contributed by atoms with Gasteiger partial charge in [0.15, 0.2) is 5.82 Å². The number of nitrogens with zero attached hydrogens (tertiary/aromatic N) is 3. The summed E-state index contributed by atoms with van der Waals surface area (Å²) in [7, 11) is 1.33. The normalized spacial score (nSPS) is 10.3. The lowest BCUT2D eigenvalue weighted by atomic mass is 10.1. The molecule has 1 aromatic heterocycles. The third-order valence-corrected chi connectivity index (χ3v) is 4.08. The molecule has 2 aromatic carbocycles. The highest BCUT2D eigenvalue weighted by Crippen LogP contribution is 2.26. The van der Waals surface area contributed by atoms with Crippen LogP contribution in [0, 0.1) is 0 Å². The van der Waals surface area contributed by atoms with E-state index in [1.165, 1.54) is 18.9 Å². The number of hydrogen-bond acceptors (Lipinski definition) is 7. The van der Waals surface area contributed by atoms with Crippen LogP contribution in [0.25, 0.3) is 0 Å². The van der Waals surface area contributed by atoms with Crippen molar-refractivity contribution in [3.8, 4) is 0 Å². The number of anilines is 3. The van der Waals surface area contributed by atoms with Crippen molar-refractivity contribution in [2.45, 2.75) is 6.42 Å². The largest absolute Gasteiger partial charge is 0.465 e. The Labute approximate surface area is 161 Å². The lowest BCUT2D eigenvalue weighted by Crippen LogP contribution is -2.10. The van der Waals surface area contributed by atoms with Crippen LogP contribution in [-0.4, -0.2) is 34.8 Å². The number of benzene rings is 2. The van der Waals surface area contributed by atoms with Crippen LogP contribution in [0.1, 0.15) is 15.9 Å². The van der Waals surface area contributed by atoms with E-state index in [4.69, 9.17) is 16.3 Å². The summed E-state index contributed by atoms with van der Waals surface area (Å²) in [5, 5.41) is 14.5. The number of rotatable bonds is 7. The van der Waals surface area contributed by atoms with Crippen molar-refractivity contribution in [1.82, 2.24) is 15.2 Å². The number of aromatic nitrogens is 3. The highest BCUT2D eigenvalue weighted by molar-refractivity contribution is 6.33. The molecule has 0 unspecified atom stereocenters. The van der Waals surface area contributed by atoms with Crippen molar-refractivity contribution >= 4 is 35.0 Å². The van der Waals surface area contributed by atoms with Gasteiger partial charge in [-0.15, -0.1) is 5.10 Å². The summed E-state index contributed by atoms with van der Waals surface area (Å²) in [4.78, 5) is 16.0. The smallest absolute Gasteiger partial charge is 0.337 e. The third kappa shape index (κ3) is 5.15. The van der Waals surface area contributed by atoms with Crippen LogP contribution in [0.5, 0.6) is 0 Å². The molecular weight excluding hydrogens is 366 g/mol. The molecule has 138 valence electrons. The van der Waals surface area contributed by atoms with E-state index in [0.717, 1.165) is 6.42 Å². The summed E-state index contributed by atoms with van der Waals surface area (Å²) in [5.41, 5.74) is 2.13. The molecule has 3 rings (SSSR count). The molecule has 0 spiro atoms. The summed E-state index contributed by atoms with van der Waals surface area (Å²) in [6, 6.07) is 14.9. The number of esters is 1. The van der Waals surface area contributed by atoms with Gasteiger partial charge in [-0.1, -0.05) is 41.9 Å². The van der Waals surface area contributed by atoms with Gasteiger partial charge in [-0.2, -0.15) is 10.1 Å². The molecular formula is C19H18ClN5O2. The highest BCUT2D eigenvalue weighted by atomic mass is 35.5. The fourth-order valence-corrected chi connectivity index (χ4v) is 2.57. The topological polar surface area (TPSA) is 89.0 Å². The summed E-state index contributed by atoms with van der Waals surface area (Å²) in [6.45, 7) is 0.674. The van der Waals surface area contributed by atoms with Gasteiger partial charge >= 0.3 is 5.97 Å². The molecule has 7 nitrogen and oxygen atoms in total. The van der Waals surface area contributed by atoms with Gasteiger partial charge in [0.05, 0.1) is 29.6 Å². The lowest BCUT2D eigenvalue weighted by Gasteiger charge is -2.10. The van der Waals surface area contributed by atoms with Crippen molar-refractivity contribution in [2.24, 2.45) is 0 Å². The standard InChI is InChI=1S/C19H18ClN5O2/c1-27-18(26)14-7-8-15(20)16(11-14)23-17-12-22-25-19(24-17)21-10-9-13-5-3-2-4-6-13/h2-8,11-12H,9-10H2,1H3,(H2,21,23,24,25). The molecule has 0 aliphatic rings. The fraction of sp³-hybridized carbons (Fsp3) is 0.158. The minimum Gasteiger partial charge on any atom is -0.465 e. The van der Waals surface area contributed by atoms with Crippen molar-refractivity contribution in [3.05, 3.63) is 70.9 Å². The van der Waals surface area contributed by atoms with Gasteiger partial charge < -0.3 is 15.4 Å². The van der Waals surface area contributed by atoms with Crippen LogP contribution in [0.4, 0.5) is 17.5 Å². The Morgan fingerprint density at radius 1 is 1.19 bits per heavy atom. The lowest BCUT2D eigenvalue weighted by molar-refractivity contribution is 0.0601. The van der Waals surface area contributed by atoms with Crippen LogP contribution in [0.3, 0.4) is 0 Å². The zero-order valence-corrected chi connectivity index (χ0v) is 15.4. The van der Waals surface area contributed by atoms with Gasteiger partial charge in [-0.05, 0) is 30.2 Å². The van der Waals surface area contributed by atoms with E-state index in [1.807, 2.05) is 18.2 Å². The van der Waals surface area contributed by atoms with Crippen molar-refractivity contribution in [3.63, 3.8) is 0 Å². The van der Waals surface area contributed by atoms with E-state index in [2.05, 4.69) is 37.9 Å². The van der Waals surface area contributed by atoms with Crippen molar-refractivity contribution in [2.75, 3.05) is 24.3 Å². The Hall–Kier alpha value is -3.19. The molecule has 0 atom stereocenters. The number of ether oxygens (including phenoxy) is 1. The monoisotopic (exact) mass is 383 g/mol. The molecule has 1 heterocycles. The van der Waals surface area contributed by atoms with E-state index >= 15 is 0 Å². The maximum absolute atomic E-state index is 11.7. The summed E-state index contributed by atoms with van der Waals surface area (Å²) >= 11 is 6.19. The van der Waals surface area contributed by atoms with E-state index in [0.29, 0.717) is 34.6 Å². The second-order valence-corrected chi connectivity index (χ2v) is 6.05. The molecule has 0 bridgehead atoms. The van der Waals surface area contributed by atoms with Gasteiger partial charge in [0.25, 0.3) is 0 Å². The first-order valence-corrected chi connectivity index (χ1v) is 8.66. The molecule has 8 heteroatoms. The SMILES string of the molecule is COC(=O)c1ccc(Cl)c(Nc2cnnc(NCCc3ccccc3)n2)c1. The number of methoxy groups -OCH3 is 1. The van der Waals surface area contributed by atoms with Gasteiger partial charge in [0.1, 0.15) is 0 Å². The Morgan fingerprint density at radius 2 is 2.00 bits per heavy atom. The van der Waals surface area contributed by atoms with E-state index in [-0.39, 0.29) is 0 Å². The zero-order chi connectivity index (χ0) is 19.1. The molecule has 0 aliphatic carbocycles. The predicted molar refractivity (Wildman–Crippen MR) is 105 cm³/mol. The number of carbonyl (C=O) groups is 1. The van der Waals surface area contributed by atoms with Crippen LogP contribution in [0.15, 0.2) is 54.7 Å². The van der Waals surface area contributed by atoms with E-state index in [9.17, 15) is 4.79 Å². The number of hydrogen-bond donors (Lipinski definition) is 2. The van der Waals surface area contributed by atoms with Crippen LogP contribution >= 0.6 is 11.6 Å². The number of halogens is 1. The van der Waals surface area contributed by atoms with E-state index < -0.39 is 5.97 Å². The van der Waals surface area contributed by atoms with Crippen LogP contribution in [-0.2, 0) is 11.2 Å². The van der Waals surface area contributed by atoms with Crippen LogP contribution in [0.2, 0.25) is 5.02 Å². The zero-order valence-electron chi connectivity index (χ0n) is 14.6. The minimum atomic E-state index is -0.446. The van der Waals surface area contributed by atoms with Crippen molar-refractivity contribution in [1.29, 1.82) is 0 Å². The fourth-order valence-electron chi connectivity index (χ4n) is 2.41. The molecule has 3 aromatic rings. The summed E-state index contributed by atoms with van der Waals surface area (Å²) < 4.78 is 4.72. The van der Waals surface area contributed by atoms with Crippen LogP contribution < -0.4 is 10.6 Å². The number of nitrogens with one attached hydrogen (secondary N) is 2. The van der Waals surface area contributed by atoms with Gasteiger partial charge in [-0.3, -0.25) is 0 Å². The first-order valence-electron chi connectivity index (χ1n) is 8.28. The number of carbonyl (C=O) groups excluding carboxylic acids is 1. The van der Waals surface area contributed by atoms with E-state index in [1.54, 1.807) is 18.2 Å². The first-order chi connectivity index (χ1) is 13.2. The quantitative estimate of drug-likeness (QED) is 0.601. The molecule has 0 fully saturated rings. The molecule has 0 saturated heterocycles. The Kier molecular flexibility index (Phi) is 6.17. The molecule has 0 amide bonds. The molecule has 0 aliphatic heterocycles. The molecule has 0 saturated carbocycles. The molecule has 27 heavy (non-hydrogen) atoms. The summed E-state index contributed by atoms with van der Waals surface area (Å²) in [6.07, 6.45) is 2.32. The summed E-state index contributed by atoms with van der Waals surface area (Å²) in [5.74, 6) is 0.408. The molecule has 0 radical (unpaired) electrons. The average molecular weight is 384 g/mol. The minimum absolute atomic E-state index is 0.382. The first kappa shape index (κ1) is 18.6. The molecule has 2 N–H and O–H groups in total. The second kappa shape index (κ2) is 8.95. The van der Waals surface area contributed by atoms with Crippen molar-refractivity contribution < 1.29 is 9.53 Å². The highest BCUT2D eigenvalue weighted by Gasteiger charge is 2.10. The maximum atomic E-state index is 11.7. The maximum Gasteiger partial charge on any atom is 0.337 e. The third-order valence-electron chi connectivity index (χ3n) is 3.75. The second-order valence-electron chi connectivity index (χ2n) is 5.64. The Balaban J connectivity index is 1.66. The van der Waals surface area contributed by atoms with Gasteiger partial charge in [0, 0.05) is 6.54 Å².